The molecular weight excluding hydrogens is 224 g/mol. The van der Waals surface area contributed by atoms with Crippen LogP contribution < -0.4 is 0 Å². The van der Waals surface area contributed by atoms with E-state index in [0.717, 1.165) is 12.8 Å². The van der Waals surface area contributed by atoms with Gasteiger partial charge in [-0.2, -0.15) is 0 Å². The van der Waals surface area contributed by atoms with Gasteiger partial charge in [0.1, 0.15) is 0 Å². The van der Waals surface area contributed by atoms with Crippen molar-refractivity contribution in [3.8, 4) is 0 Å². The van der Waals surface area contributed by atoms with Crippen LogP contribution in [0.25, 0.3) is 0 Å². The average Bonchev–Trinajstić information content (AvgIpc) is 2.34. The SMILES string of the molecule is CCC/C=C/CCCCCCCCCCC(=O)O. The molecule has 1 N–H and O–H groups in total. The maximum atomic E-state index is 10.3. The van der Waals surface area contributed by atoms with Crippen LogP contribution in [0.1, 0.15) is 84.0 Å². The van der Waals surface area contributed by atoms with E-state index in [4.69, 9.17) is 5.11 Å². The second-order valence-corrected chi connectivity index (χ2v) is 5.02. The van der Waals surface area contributed by atoms with Gasteiger partial charge in [0.25, 0.3) is 0 Å². The molecule has 0 spiro atoms. The highest BCUT2D eigenvalue weighted by Crippen LogP contribution is 2.10. The van der Waals surface area contributed by atoms with Crippen molar-refractivity contribution in [1.29, 1.82) is 0 Å². The molecule has 0 bridgehead atoms. The molecule has 0 aliphatic carbocycles. The summed E-state index contributed by atoms with van der Waals surface area (Å²) in [6.45, 7) is 2.21. The molecule has 0 atom stereocenters. The summed E-state index contributed by atoms with van der Waals surface area (Å²) in [7, 11) is 0. The molecule has 0 radical (unpaired) electrons. The van der Waals surface area contributed by atoms with Gasteiger partial charge in [0.2, 0.25) is 0 Å². The van der Waals surface area contributed by atoms with E-state index < -0.39 is 5.97 Å². The quantitative estimate of drug-likeness (QED) is 0.356. The van der Waals surface area contributed by atoms with E-state index in [1.807, 2.05) is 0 Å². The lowest BCUT2D eigenvalue weighted by molar-refractivity contribution is -0.137. The van der Waals surface area contributed by atoms with E-state index in [9.17, 15) is 4.79 Å². The van der Waals surface area contributed by atoms with E-state index in [1.165, 1.54) is 57.8 Å². The van der Waals surface area contributed by atoms with Crippen molar-refractivity contribution in [2.45, 2.75) is 84.0 Å². The predicted octanol–water partition coefficient (Wildman–Crippen LogP) is 5.33. The summed E-state index contributed by atoms with van der Waals surface area (Å²) in [6, 6.07) is 0. The van der Waals surface area contributed by atoms with Crippen LogP contribution in [0.15, 0.2) is 12.2 Å². The number of carboxylic acid groups (broad SMARTS) is 1. The first-order valence-electron chi connectivity index (χ1n) is 7.64. The summed E-state index contributed by atoms with van der Waals surface area (Å²) in [4.78, 5) is 10.3. The Balaban J connectivity index is 3.01. The molecule has 0 aliphatic rings. The van der Waals surface area contributed by atoms with Crippen LogP contribution in [0.3, 0.4) is 0 Å². The van der Waals surface area contributed by atoms with E-state index in [-0.39, 0.29) is 0 Å². The zero-order valence-electron chi connectivity index (χ0n) is 12.0. The maximum absolute atomic E-state index is 10.3. The van der Waals surface area contributed by atoms with Crippen LogP contribution in [-0.2, 0) is 4.79 Å². The van der Waals surface area contributed by atoms with Crippen molar-refractivity contribution in [3.05, 3.63) is 12.2 Å². The van der Waals surface area contributed by atoms with Gasteiger partial charge in [0.15, 0.2) is 0 Å². The number of aliphatic carboxylic acids is 1. The van der Waals surface area contributed by atoms with Crippen LogP contribution in [0.2, 0.25) is 0 Å². The van der Waals surface area contributed by atoms with E-state index in [1.54, 1.807) is 0 Å². The zero-order valence-corrected chi connectivity index (χ0v) is 12.0. The normalized spacial score (nSPS) is 11.2. The molecule has 0 aromatic carbocycles. The van der Waals surface area contributed by atoms with Crippen molar-refractivity contribution in [2.24, 2.45) is 0 Å². The Morgan fingerprint density at radius 3 is 1.89 bits per heavy atom. The summed E-state index contributed by atoms with van der Waals surface area (Å²) in [5, 5.41) is 8.49. The number of unbranched alkanes of at least 4 members (excludes halogenated alkanes) is 9. The van der Waals surface area contributed by atoms with Gasteiger partial charge in [-0.25, -0.2) is 0 Å². The Hall–Kier alpha value is -0.790. The summed E-state index contributed by atoms with van der Waals surface area (Å²) < 4.78 is 0. The fourth-order valence-electron chi connectivity index (χ4n) is 2.00. The smallest absolute Gasteiger partial charge is 0.303 e. The molecule has 0 unspecified atom stereocenters. The molecule has 0 fully saturated rings. The number of hydrogen-bond donors (Lipinski definition) is 1. The van der Waals surface area contributed by atoms with E-state index in [2.05, 4.69) is 19.1 Å². The molecule has 0 rings (SSSR count). The van der Waals surface area contributed by atoms with Crippen molar-refractivity contribution in [3.63, 3.8) is 0 Å². The van der Waals surface area contributed by atoms with Gasteiger partial charge in [-0.3, -0.25) is 4.79 Å². The molecule has 0 aliphatic heterocycles. The minimum Gasteiger partial charge on any atom is -0.481 e. The molecule has 0 saturated heterocycles. The van der Waals surface area contributed by atoms with E-state index in [0.29, 0.717) is 6.42 Å². The fourth-order valence-corrected chi connectivity index (χ4v) is 2.00. The van der Waals surface area contributed by atoms with Crippen molar-refractivity contribution in [1.82, 2.24) is 0 Å². The first-order chi connectivity index (χ1) is 8.77. The Morgan fingerprint density at radius 2 is 1.33 bits per heavy atom. The third kappa shape index (κ3) is 15.2. The zero-order chi connectivity index (χ0) is 13.5. The first kappa shape index (κ1) is 17.2. The van der Waals surface area contributed by atoms with Gasteiger partial charge in [-0.1, -0.05) is 64.0 Å². The maximum Gasteiger partial charge on any atom is 0.303 e. The van der Waals surface area contributed by atoms with Crippen LogP contribution >= 0.6 is 0 Å². The highest BCUT2D eigenvalue weighted by Gasteiger charge is 1.96. The Bertz CT molecular complexity index is 209. The third-order valence-electron chi connectivity index (χ3n) is 3.13. The minimum absolute atomic E-state index is 0.337. The Labute approximate surface area is 112 Å². The van der Waals surface area contributed by atoms with Crippen molar-refractivity contribution in [2.75, 3.05) is 0 Å². The summed E-state index contributed by atoms with van der Waals surface area (Å²) >= 11 is 0. The van der Waals surface area contributed by atoms with Crippen LogP contribution in [0, 0.1) is 0 Å². The lowest BCUT2D eigenvalue weighted by Crippen LogP contribution is -1.93. The summed E-state index contributed by atoms with van der Waals surface area (Å²) in [5.41, 5.74) is 0. The van der Waals surface area contributed by atoms with Crippen LogP contribution in [0.5, 0.6) is 0 Å². The molecule has 0 heterocycles. The van der Waals surface area contributed by atoms with Crippen molar-refractivity contribution >= 4 is 5.97 Å². The number of rotatable bonds is 13. The molecule has 18 heavy (non-hydrogen) atoms. The van der Waals surface area contributed by atoms with Gasteiger partial charge in [-0.05, 0) is 25.7 Å². The van der Waals surface area contributed by atoms with Gasteiger partial charge in [0.05, 0.1) is 0 Å². The minimum atomic E-state index is -0.661. The Kier molecular flexibility index (Phi) is 13.6. The number of carboxylic acids is 1. The monoisotopic (exact) mass is 254 g/mol. The number of allylic oxidation sites excluding steroid dienone is 2. The third-order valence-corrected chi connectivity index (χ3v) is 3.13. The highest BCUT2D eigenvalue weighted by atomic mass is 16.4. The van der Waals surface area contributed by atoms with Gasteiger partial charge >= 0.3 is 5.97 Å². The summed E-state index contributed by atoms with van der Waals surface area (Å²) in [5.74, 6) is -0.661. The van der Waals surface area contributed by atoms with Crippen LogP contribution in [-0.4, -0.2) is 11.1 Å². The molecule has 2 nitrogen and oxygen atoms in total. The Morgan fingerprint density at radius 1 is 0.833 bits per heavy atom. The molecule has 0 saturated carbocycles. The molecule has 106 valence electrons. The van der Waals surface area contributed by atoms with Crippen molar-refractivity contribution < 1.29 is 9.90 Å². The molecule has 0 aromatic heterocycles. The fraction of sp³-hybridized carbons (Fsp3) is 0.812. The van der Waals surface area contributed by atoms with Gasteiger partial charge < -0.3 is 5.11 Å². The van der Waals surface area contributed by atoms with Crippen LogP contribution in [0.4, 0.5) is 0 Å². The number of hydrogen-bond acceptors (Lipinski definition) is 1. The predicted molar refractivity (Wildman–Crippen MR) is 77.9 cm³/mol. The molecular formula is C16H30O2. The summed E-state index contributed by atoms with van der Waals surface area (Å²) in [6.07, 6.45) is 18.3. The van der Waals surface area contributed by atoms with Gasteiger partial charge in [-0.15, -0.1) is 0 Å². The first-order valence-corrected chi connectivity index (χ1v) is 7.64. The topological polar surface area (TPSA) is 37.3 Å². The lowest BCUT2D eigenvalue weighted by Gasteiger charge is -2.00. The lowest BCUT2D eigenvalue weighted by atomic mass is 10.1. The molecule has 0 aromatic rings. The second-order valence-electron chi connectivity index (χ2n) is 5.02. The largest absolute Gasteiger partial charge is 0.481 e. The second kappa shape index (κ2) is 14.3. The van der Waals surface area contributed by atoms with Gasteiger partial charge in [0, 0.05) is 6.42 Å². The molecule has 0 amide bonds. The standard InChI is InChI=1S/C16H30O2/c1-2-3-4-5-6-7-8-9-10-11-12-13-14-15-16(17)18/h4-5H,2-3,6-15H2,1H3,(H,17,18)/b5-4+. The highest BCUT2D eigenvalue weighted by molar-refractivity contribution is 5.66. The number of carbonyl (C=O) groups is 1. The average molecular weight is 254 g/mol. The molecule has 2 heteroatoms. The van der Waals surface area contributed by atoms with E-state index >= 15 is 0 Å².